The highest BCUT2D eigenvalue weighted by Crippen LogP contribution is 2.33. The number of rotatable bonds is 5. The van der Waals surface area contributed by atoms with Crippen LogP contribution in [0.4, 0.5) is 13.6 Å². The van der Waals surface area contributed by atoms with Gasteiger partial charge >= 0.3 is 6.03 Å². The molecule has 7 heteroatoms. The number of amides is 2. The van der Waals surface area contributed by atoms with E-state index < -0.39 is 12.5 Å². The molecule has 2 amide bonds. The molecule has 0 fully saturated rings. The van der Waals surface area contributed by atoms with Gasteiger partial charge in [-0.3, -0.25) is 0 Å². The molecule has 2 aromatic rings. The third-order valence-corrected chi connectivity index (χ3v) is 3.74. The highest BCUT2D eigenvalue weighted by Gasteiger charge is 2.15. The van der Waals surface area contributed by atoms with Crippen molar-refractivity contribution < 1.29 is 23.0 Å². The lowest BCUT2D eigenvalue weighted by Gasteiger charge is -2.21. The van der Waals surface area contributed by atoms with E-state index in [1.165, 1.54) is 12.1 Å². The Morgan fingerprint density at radius 3 is 2.64 bits per heavy atom. The van der Waals surface area contributed by atoms with Crippen LogP contribution in [0.15, 0.2) is 42.5 Å². The topological polar surface area (TPSA) is 59.6 Å². The molecule has 5 nitrogen and oxygen atoms in total. The van der Waals surface area contributed by atoms with E-state index in [-0.39, 0.29) is 18.7 Å². The molecule has 25 heavy (non-hydrogen) atoms. The molecule has 132 valence electrons. The van der Waals surface area contributed by atoms with Crippen molar-refractivity contribution in [2.24, 2.45) is 0 Å². The Labute approximate surface area is 143 Å². The van der Waals surface area contributed by atoms with Crippen LogP contribution in [0.3, 0.4) is 0 Å². The van der Waals surface area contributed by atoms with Crippen LogP contribution in [0.5, 0.6) is 11.5 Å². The highest BCUT2D eigenvalue weighted by atomic mass is 19.3. The van der Waals surface area contributed by atoms with Gasteiger partial charge in [0, 0.05) is 24.2 Å². The summed E-state index contributed by atoms with van der Waals surface area (Å²) >= 11 is 0. The SMILES string of the molecule is O=C(NCc1cccc(C(F)F)c1)NCc1cccc2c1OCCO2. The predicted molar refractivity (Wildman–Crippen MR) is 87.9 cm³/mol. The first kappa shape index (κ1) is 17.0. The third kappa shape index (κ3) is 4.37. The monoisotopic (exact) mass is 348 g/mol. The molecule has 2 aromatic carbocycles. The number of hydrogen-bond acceptors (Lipinski definition) is 3. The predicted octanol–water partition coefficient (Wildman–Crippen LogP) is 3.39. The molecule has 0 aromatic heterocycles. The summed E-state index contributed by atoms with van der Waals surface area (Å²) in [5, 5.41) is 5.37. The van der Waals surface area contributed by atoms with E-state index in [1.54, 1.807) is 12.1 Å². The van der Waals surface area contributed by atoms with Crippen molar-refractivity contribution >= 4 is 6.03 Å². The van der Waals surface area contributed by atoms with E-state index in [2.05, 4.69) is 10.6 Å². The van der Waals surface area contributed by atoms with Gasteiger partial charge in [-0.15, -0.1) is 0 Å². The molecule has 1 heterocycles. The molecule has 0 spiro atoms. The highest BCUT2D eigenvalue weighted by molar-refractivity contribution is 5.74. The van der Waals surface area contributed by atoms with Gasteiger partial charge in [0.1, 0.15) is 13.2 Å². The average molecular weight is 348 g/mol. The normalized spacial score (nSPS) is 12.8. The minimum Gasteiger partial charge on any atom is -0.486 e. The summed E-state index contributed by atoms with van der Waals surface area (Å²) in [6, 6.07) is 11.1. The van der Waals surface area contributed by atoms with E-state index in [0.717, 1.165) is 5.56 Å². The summed E-state index contributed by atoms with van der Waals surface area (Å²) < 4.78 is 36.4. The quantitative estimate of drug-likeness (QED) is 0.871. The molecule has 1 aliphatic heterocycles. The van der Waals surface area contributed by atoms with Gasteiger partial charge in [0.25, 0.3) is 6.43 Å². The number of halogens is 2. The van der Waals surface area contributed by atoms with Gasteiger partial charge in [0.15, 0.2) is 11.5 Å². The third-order valence-electron chi connectivity index (χ3n) is 3.74. The number of alkyl halides is 2. The van der Waals surface area contributed by atoms with Gasteiger partial charge in [-0.25, -0.2) is 13.6 Å². The smallest absolute Gasteiger partial charge is 0.315 e. The summed E-state index contributed by atoms with van der Waals surface area (Å²) in [5.74, 6) is 1.30. The van der Waals surface area contributed by atoms with E-state index in [4.69, 9.17) is 9.47 Å². The Hall–Kier alpha value is -2.83. The molecule has 1 aliphatic rings. The molecule has 0 saturated heterocycles. The first-order valence-electron chi connectivity index (χ1n) is 7.89. The van der Waals surface area contributed by atoms with Crippen molar-refractivity contribution in [3.05, 3.63) is 59.2 Å². The van der Waals surface area contributed by atoms with Gasteiger partial charge in [-0.05, 0) is 17.7 Å². The Morgan fingerprint density at radius 2 is 1.80 bits per heavy atom. The molecule has 0 unspecified atom stereocenters. The van der Waals surface area contributed by atoms with Gasteiger partial charge in [-0.2, -0.15) is 0 Å². The number of fused-ring (bicyclic) bond motifs is 1. The van der Waals surface area contributed by atoms with Crippen LogP contribution < -0.4 is 20.1 Å². The largest absolute Gasteiger partial charge is 0.486 e. The Morgan fingerprint density at radius 1 is 1.04 bits per heavy atom. The van der Waals surface area contributed by atoms with E-state index >= 15 is 0 Å². The first-order valence-corrected chi connectivity index (χ1v) is 7.89. The Bertz CT molecular complexity index is 753. The molecule has 0 radical (unpaired) electrons. The minimum atomic E-state index is -2.53. The summed E-state index contributed by atoms with van der Waals surface area (Å²) in [4.78, 5) is 11.9. The standard InChI is InChI=1S/C18H18F2N2O3/c19-17(20)13-4-1-3-12(9-13)10-21-18(23)22-11-14-5-2-6-15-16(14)25-8-7-24-15/h1-6,9,17H,7-8,10-11H2,(H2,21,22,23). The van der Waals surface area contributed by atoms with Crippen LogP contribution in [0, 0.1) is 0 Å². The molecule has 2 N–H and O–H groups in total. The minimum absolute atomic E-state index is 0.0622. The van der Waals surface area contributed by atoms with Crippen molar-refractivity contribution in [2.45, 2.75) is 19.5 Å². The number of urea groups is 1. The number of ether oxygens (including phenoxy) is 2. The lowest BCUT2D eigenvalue weighted by Crippen LogP contribution is -2.34. The lowest BCUT2D eigenvalue weighted by molar-refractivity contribution is 0.151. The Kier molecular flexibility index (Phi) is 5.33. The maximum Gasteiger partial charge on any atom is 0.315 e. The first-order chi connectivity index (χ1) is 12.1. The van der Waals surface area contributed by atoms with Crippen LogP contribution in [0.25, 0.3) is 0 Å². The van der Waals surface area contributed by atoms with Gasteiger partial charge in [0.05, 0.1) is 0 Å². The second kappa shape index (κ2) is 7.83. The van der Waals surface area contributed by atoms with Crippen LogP contribution >= 0.6 is 0 Å². The summed E-state index contributed by atoms with van der Waals surface area (Å²) in [6.45, 7) is 1.41. The zero-order valence-electron chi connectivity index (χ0n) is 13.4. The van der Waals surface area contributed by atoms with Crippen LogP contribution in [-0.4, -0.2) is 19.2 Å². The second-order valence-corrected chi connectivity index (χ2v) is 5.52. The number of carbonyl (C=O) groups excluding carboxylic acids is 1. The number of hydrogen-bond donors (Lipinski definition) is 2. The molecule has 3 rings (SSSR count). The number of benzene rings is 2. The van der Waals surface area contributed by atoms with Crippen molar-refractivity contribution in [1.29, 1.82) is 0 Å². The Balaban J connectivity index is 1.53. The van der Waals surface area contributed by atoms with Gasteiger partial charge in [-0.1, -0.05) is 30.3 Å². The molecular weight excluding hydrogens is 330 g/mol. The van der Waals surface area contributed by atoms with Crippen LogP contribution in [0.1, 0.15) is 23.1 Å². The fourth-order valence-electron chi connectivity index (χ4n) is 2.53. The number of nitrogens with one attached hydrogen (secondary N) is 2. The number of carbonyl (C=O) groups is 1. The summed E-state index contributed by atoms with van der Waals surface area (Å²) in [6.07, 6.45) is -2.53. The van der Waals surface area contributed by atoms with E-state index in [9.17, 15) is 13.6 Å². The zero-order chi connectivity index (χ0) is 17.6. The van der Waals surface area contributed by atoms with Crippen LogP contribution in [-0.2, 0) is 13.1 Å². The average Bonchev–Trinajstić information content (AvgIpc) is 2.65. The molecule has 0 bridgehead atoms. The molecule has 0 aliphatic carbocycles. The molecule has 0 atom stereocenters. The van der Waals surface area contributed by atoms with Gasteiger partial charge in [0.2, 0.25) is 0 Å². The maximum atomic E-state index is 12.7. The number of para-hydroxylation sites is 1. The second-order valence-electron chi connectivity index (χ2n) is 5.52. The summed E-state index contributed by atoms with van der Waals surface area (Å²) in [7, 11) is 0. The fourth-order valence-corrected chi connectivity index (χ4v) is 2.53. The fraction of sp³-hybridized carbons (Fsp3) is 0.278. The van der Waals surface area contributed by atoms with Gasteiger partial charge < -0.3 is 20.1 Å². The van der Waals surface area contributed by atoms with E-state index in [1.807, 2.05) is 18.2 Å². The van der Waals surface area contributed by atoms with Crippen molar-refractivity contribution in [2.75, 3.05) is 13.2 Å². The van der Waals surface area contributed by atoms with Crippen molar-refractivity contribution in [1.82, 2.24) is 10.6 Å². The van der Waals surface area contributed by atoms with Crippen molar-refractivity contribution in [3.63, 3.8) is 0 Å². The summed E-state index contributed by atoms with van der Waals surface area (Å²) in [5.41, 5.74) is 1.36. The lowest BCUT2D eigenvalue weighted by atomic mass is 10.1. The van der Waals surface area contributed by atoms with Crippen molar-refractivity contribution in [3.8, 4) is 11.5 Å². The molecule has 0 saturated carbocycles. The molecular formula is C18H18F2N2O3. The van der Waals surface area contributed by atoms with E-state index in [0.29, 0.717) is 30.3 Å². The zero-order valence-corrected chi connectivity index (χ0v) is 13.4. The van der Waals surface area contributed by atoms with Crippen LogP contribution in [0.2, 0.25) is 0 Å². The maximum absolute atomic E-state index is 12.7.